The Hall–Kier alpha value is -1.91. The van der Waals surface area contributed by atoms with E-state index in [1.54, 1.807) is 18.5 Å². The summed E-state index contributed by atoms with van der Waals surface area (Å²) in [4.78, 5) is 10.5. The van der Waals surface area contributed by atoms with Crippen molar-refractivity contribution in [3.8, 4) is 0 Å². The zero-order valence-corrected chi connectivity index (χ0v) is 8.38. The van der Waals surface area contributed by atoms with E-state index in [1.807, 2.05) is 11.5 Å². The third kappa shape index (κ3) is 2.12. The van der Waals surface area contributed by atoms with Crippen LogP contribution in [-0.2, 0) is 13.0 Å². The standard InChI is InChI=1S/C10H11N3O2/c1-2-9-11-12-10(15-9)6-13-4-3-8(5-13)7-14/h3-5,7H,2,6H2,1H3. The van der Waals surface area contributed by atoms with E-state index in [0.29, 0.717) is 23.9 Å². The Morgan fingerprint density at radius 2 is 2.27 bits per heavy atom. The fourth-order valence-electron chi connectivity index (χ4n) is 1.28. The van der Waals surface area contributed by atoms with Gasteiger partial charge >= 0.3 is 0 Å². The predicted octanol–water partition coefficient (Wildman–Crippen LogP) is 1.29. The zero-order chi connectivity index (χ0) is 10.7. The van der Waals surface area contributed by atoms with Gasteiger partial charge in [0.15, 0.2) is 6.29 Å². The number of hydrogen-bond donors (Lipinski definition) is 0. The van der Waals surface area contributed by atoms with E-state index in [4.69, 9.17) is 4.42 Å². The summed E-state index contributed by atoms with van der Waals surface area (Å²) in [7, 11) is 0. The molecule has 0 atom stereocenters. The monoisotopic (exact) mass is 205 g/mol. The van der Waals surface area contributed by atoms with Crippen molar-refractivity contribution in [3.63, 3.8) is 0 Å². The molecule has 2 heterocycles. The minimum absolute atomic E-state index is 0.501. The Kier molecular flexibility index (Phi) is 2.62. The summed E-state index contributed by atoms with van der Waals surface area (Å²) >= 11 is 0. The van der Waals surface area contributed by atoms with Gasteiger partial charge in [0.1, 0.15) is 6.54 Å². The van der Waals surface area contributed by atoms with Crippen molar-refractivity contribution >= 4 is 6.29 Å². The van der Waals surface area contributed by atoms with Gasteiger partial charge in [0.2, 0.25) is 11.8 Å². The van der Waals surface area contributed by atoms with Crippen LogP contribution >= 0.6 is 0 Å². The van der Waals surface area contributed by atoms with Crippen LogP contribution in [0.15, 0.2) is 22.9 Å². The van der Waals surface area contributed by atoms with E-state index in [9.17, 15) is 4.79 Å². The number of aromatic nitrogens is 3. The SMILES string of the molecule is CCc1nnc(Cn2ccc(C=O)c2)o1. The topological polar surface area (TPSA) is 60.9 Å². The molecule has 5 heteroatoms. The Labute approximate surface area is 86.7 Å². The lowest BCUT2D eigenvalue weighted by Crippen LogP contribution is -1.96. The predicted molar refractivity (Wildman–Crippen MR) is 52.6 cm³/mol. The molecule has 0 N–H and O–H groups in total. The first-order valence-electron chi connectivity index (χ1n) is 4.74. The average Bonchev–Trinajstić information content (AvgIpc) is 2.87. The number of carbonyl (C=O) groups excluding carboxylic acids is 1. The van der Waals surface area contributed by atoms with Gasteiger partial charge in [-0.1, -0.05) is 6.92 Å². The van der Waals surface area contributed by atoms with E-state index in [-0.39, 0.29) is 0 Å². The highest BCUT2D eigenvalue weighted by atomic mass is 16.4. The van der Waals surface area contributed by atoms with Crippen molar-refractivity contribution in [3.05, 3.63) is 35.8 Å². The first-order chi connectivity index (χ1) is 7.31. The van der Waals surface area contributed by atoms with Gasteiger partial charge in [-0.2, -0.15) is 0 Å². The van der Waals surface area contributed by atoms with Crippen LogP contribution in [0.25, 0.3) is 0 Å². The Morgan fingerprint density at radius 1 is 1.47 bits per heavy atom. The molecule has 0 unspecified atom stereocenters. The van der Waals surface area contributed by atoms with Crippen LogP contribution in [0, 0.1) is 0 Å². The fourth-order valence-corrected chi connectivity index (χ4v) is 1.28. The molecule has 2 rings (SSSR count). The van der Waals surface area contributed by atoms with Gasteiger partial charge in [0.05, 0.1) is 0 Å². The van der Waals surface area contributed by atoms with Gasteiger partial charge in [-0.15, -0.1) is 10.2 Å². The lowest BCUT2D eigenvalue weighted by molar-refractivity contribution is 0.112. The molecule has 2 aromatic heterocycles. The van der Waals surface area contributed by atoms with Gasteiger partial charge in [0, 0.05) is 24.4 Å². The Balaban J connectivity index is 2.10. The lowest BCUT2D eigenvalue weighted by Gasteiger charge is -1.95. The molecule has 0 saturated heterocycles. The molecular weight excluding hydrogens is 194 g/mol. The second-order valence-electron chi connectivity index (χ2n) is 3.18. The van der Waals surface area contributed by atoms with Crippen molar-refractivity contribution in [1.29, 1.82) is 0 Å². The Bertz CT molecular complexity index is 459. The highest BCUT2D eigenvalue weighted by Gasteiger charge is 2.04. The summed E-state index contributed by atoms with van der Waals surface area (Å²) in [5, 5.41) is 7.75. The molecule has 0 aliphatic rings. The molecule has 0 radical (unpaired) electrons. The number of hydrogen-bond acceptors (Lipinski definition) is 4. The second kappa shape index (κ2) is 4.08. The van der Waals surface area contributed by atoms with Gasteiger partial charge in [-0.05, 0) is 6.07 Å². The molecule has 0 spiro atoms. The molecule has 78 valence electrons. The summed E-state index contributed by atoms with van der Waals surface area (Å²) in [6.07, 6.45) is 5.09. The molecule has 0 fully saturated rings. The van der Waals surface area contributed by atoms with Gasteiger partial charge in [-0.25, -0.2) is 0 Å². The number of aryl methyl sites for hydroxylation is 1. The summed E-state index contributed by atoms with van der Waals surface area (Å²) in [6.45, 7) is 2.46. The normalized spacial score (nSPS) is 10.5. The zero-order valence-electron chi connectivity index (χ0n) is 8.38. The van der Waals surface area contributed by atoms with Crippen molar-refractivity contribution < 1.29 is 9.21 Å². The summed E-state index contributed by atoms with van der Waals surface area (Å²) in [5.74, 6) is 1.19. The maximum atomic E-state index is 10.5. The van der Waals surface area contributed by atoms with Gasteiger partial charge < -0.3 is 8.98 Å². The van der Waals surface area contributed by atoms with Gasteiger partial charge in [-0.3, -0.25) is 4.79 Å². The van der Waals surface area contributed by atoms with Crippen molar-refractivity contribution in [2.75, 3.05) is 0 Å². The first-order valence-corrected chi connectivity index (χ1v) is 4.74. The van der Waals surface area contributed by atoms with Crippen LogP contribution in [0.1, 0.15) is 29.1 Å². The molecule has 0 aromatic carbocycles. The van der Waals surface area contributed by atoms with Crippen LogP contribution in [-0.4, -0.2) is 21.1 Å². The lowest BCUT2D eigenvalue weighted by atomic mass is 10.4. The number of aldehydes is 1. The van der Waals surface area contributed by atoms with Crippen LogP contribution in [0.5, 0.6) is 0 Å². The third-order valence-electron chi connectivity index (χ3n) is 2.04. The molecule has 0 amide bonds. The maximum absolute atomic E-state index is 10.5. The van der Waals surface area contributed by atoms with Crippen LogP contribution < -0.4 is 0 Å². The minimum atomic E-state index is 0.501. The second-order valence-corrected chi connectivity index (χ2v) is 3.18. The van der Waals surface area contributed by atoms with Crippen LogP contribution in [0.3, 0.4) is 0 Å². The molecular formula is C10H11N3O2. The largest absolute Gasteiger partial charge is 0.423 e. The van der Waals surface area contributed by atoms with E-state index < -0.39 is 0 Å². The smallest absolute Gasteiger partial charge is 0.236 e. The van der Waals surface area contributed by atoms with E-state index >= 15 is 0 Å². The minimum Gasteiger partial charge on any atom is -0.423 e. The highest BCUT2D eigenvalue weighted by Crippen LogP contribution is 2.05. The highest BCUT2D eigenvalue weighted by molar-refractivity contribution is 5.74. The molecule has 0 bridgehead atoms. The maximum Gasteiger partial charge on any atom is 0.236 e. The van der Waals surface area contributed by atoms with E-state index in [2.05, 4.69) is 10.2 Å². The third-order valence-corrected chi connectivity index (χ3v) is 2.04. The summed E-state index contributed by atoms with van der Waals surface area (Å²) in [5.41, 5.74) is 0.644. The number of nitrogens with zero attached hydrogens (tertiary/aromatic N) is 3. The number of carbonyl (C=O) groups is 1. The molecule has 5 nitrogen and oxygen atoms in total. The molecule has 0 aliphatic carbocycles. The average molecular weight is 205 g/mol. The molecule has 0 saturated carbocycles. The van der Waals surface area contributed by atoms with E-state index in [1.165, 1.54) is 0 Å². The molecule has 2 aromatic rings. The van der Waals surface area contributed by atoms with Crippen molar-refractivity contribution in [1.82, 2.24) is 14.8 Å². The van der Waals surface area contributed by atoms with Crippen molar-refractivity contribution in [2.24, 2.45) is 0 Å². The van der Waals surface area contributed by atoms with Crippen molar-refractivity contribution in [2.45, 2.75) is 19.9 Å². The fraction of sp³-hybridized carbons (Fsp3) is 0.300. The quantitative estimate of drug-likeness (QED) is 0.706. The van der Waals surface area contributed by atoms with Crippen LogP contribution in [0.2, 0.25) is 0 Å². The molecule has 15 heavy (non-hydrogen) atoms. The summed E-state index contributed by atoms with van der Waals surface area (Å²) < 4.78 is 7.18. The van der Waals surface area contributed by atoms with E-state index in [0.717, 1.165) is 12.7 Å². The van der Waals surface area contributed by atoms with Crippen LogP contribution in [0.4, 0.5) is 0 Å². The summed E-state index contributed by atoms with van der Waals surface area (Å²) in [6, 6.07) is 1.74. The molecule has 0 aliphatic heterocycles. The Morgan fingerprint density at radius 3 is 2.87 bits per heavy atom. The van der Waals surface area contributed by atoms with Gasteiger partial charge in [0.25, 0.3) is 0 Å². The number of rotatable bonds is 4. The first kappa shape index (κ1) is 9.64.